The molecule has 1 amide bonds. The van der Waals surface area contributed by atoms with Crippen molar-refractivity contribution in [2.45, 2.75) is 42.7 Å². The zero-order valence-electron chi connectivity index (χ0n) is 14.4. The summed E-state index contributed by atoms with van der Waals surface area (Å²) in [6, 6.07) is 14.9. The predicted molar refractivity (Wildman–Crippen MR) is 101 cm³/mol. The summed E-state index contributed by atoms with van der Waals surface area (Å²) >= 11 is 0. The van der Waals surface area contributed by atoms with E-state index in [9.17, 15) is 13.2 Å². The zero-order valence-corrected chi connectivity index (χ0v) is 15.2. The van der Waals surface area contributed by atoms with Gasteiger partial charge in [0.2, 0.25) is 0 Å². The summed E-state index contributed by atoms with van der Waals surface area (Å²) in [5.74, 6) is -0.150. The van der Waals surface area contributed by atoms with Gasteiger partial charge >= 0.3 is 0 Å². The number of rotatable bonds is 5. The molecule has 0 aromatic heterocycles. The molecule has 0 spiro atoms. The average molecular weight is 373 g/mol. The summed E-state index contributed by atoms with van der Waals surface area (Å²) in [5.41, 5.74) is 6.79. The van der Waals surface area contributed by atoms with E-state index in [-0.39, 0.29) is 22.9 Å². The van der Waals surface area contributed by atoms with Gasteiger partial charge in [-0.15, -0.1) is 0 Å². The number of hydrogen-bond acceptors (Lipinski definition) is 4. The molecule has 2 aromatic rings. The maximum absolute atomic E-state index is 12.3. The molecule has 0 radical (unpaired) electrons. The van der Waals surface area contributed by atoms with Crippen LogP contribution in [0.4, 0.5) is 5.69 Å². The first-order valence-electron chi connectivity index (χ1n) is 8.68. The van der Waals surface area contributed by atoms with Gasteiger partial charge in [-0.3, -0.25) is 9.52 Å². The van der Waals surface area contributed by atoms with Gasteiger partial charge < -0.3 is 11.1 Å². The molecule has 0 heterocycles. The Kier molecular flexibility index (Phi) is 5.58. The van der Waals surface area contributed by atoms with E-state index in [4.69, 9.17) is 5.73 Å². The highest BCUT2D eigenvalue weighted by atomic mass is 32.2. The Morgan fingerprint density at radius 2 is 1.54 bits per heavy atom. The number of nitrogens with two attached hydrogens (primary N) is 1. The van der Waals surface area contributed by atoms with Crippen LogP contribution in [0.1, 0.15) is 36.0 Å². The lowest BCUT2D eigenvalue weighted by molar-refractivity contribution is 0.0926. The number of nitrogens with one attached hydrogen (secondary N) is 2. The maximum atomic E-state index is 12.3. The highest BCUT2D eigenvalue weighted by molar-refractivity contribution is 7.92. The van der Waals surface area contributed by atoms with Crippen LogP contribution in [0.15, 0.2) is 59.5 Å². The monoisotopic (exact) mass is 373 g/mol. The van der Waals surface area contributed by atoms with E-state index in [1.807, 2.05) is 0 Å². The molecule has 4 N–H and O–H groups in total. The van der Waals surface area contributed by atoms with Crippen LogP contribution in [0.3, 0.4) is 0 Å². The van der Waals surface area contributed by atoms with E-state index in [1.165, 1.54) is 12.1 Å². The van der Waals surface area contributed by atoms with Gasteiger partial charge in [-0.25, -0.2) is 8.42 Å². The van der Waals surface area contributed by atoms with E-state index < -0.39 is 10.0 Å². The number of carbonyl (C=O) groups excluding carboxylic acids is 1. The first kappa shape index (κ1) is 18.4. The van der Waals surface area contributed by atoms with Gasteiger partial charge in [0.15, 0.2) is 0 Å². The minimum absolute atomic E-state index is 0.150. The van der Waals surface area contributed by atoms with Crippen LogP contribution >= 0.6 is 0 Å². The van der Waals surface area contributed by atoms with E-state index >= 15 is 0 Å². The molecule has 0 saturated heterocycles. The summed E-state index contributed by atoms with van der Waals surface area (Å²) in [5, 5.41) is 3.02. The molecule has 1 fully saturated rings. The van der Waals surface area contributed by atoms with Gasteiger partial charge in [-0.1, -0.05) is 18.2 Å². The predicted octanol–water partition coefficient (Wildman–Crippen LogP) is 2.49. The average Bonchev–Trinajstić information content (AvgIpc) is 2.64. The molecular formula is C19H23N3O3S. The Hall–Kier alpha value is -2.38. The second-order valence-electron chi connectivity index (χ2n) is 6.58. The second-order valence-corrected chi connectivity index (χ2v) is 8.26. The second kappa shape index (κ2) is 7.88. The first-order chi connectivity index (χ1) is 12.4. The molecule has 0 bridgehead atoms. The summed E-state index contributed by atoms with van der Waals surface area (Å²) < 4.78 is 27.1. The Morgan fingerprint density at radius 1 is 0.923 bits per heavy atom. The molecule has 7 heteroatoms. The lowest BCUT2D eigenvalue weighted by Gasteiger charge is -2.26. The molecule has 0 atom stereocenters. The smallest absolute Gasteiger partial charge is 0.261 e. The van der Waals surface area contributed by atoms with Crippen molar-refractivity contribution in [3.8, 4) is 0 Å². The molecule has 26 heavy (non-hydrogen) atoms. The number of amides is 1. The lowest BCUT2D eigenvalue weighted by Crippen LogP contribution is -2.40. The molecule has 6 nitrogen and oxygen atoms in total. The molecular weight excluding hydrogens is 350 g/mol. The van der Waals surface area contributed by atoms with Crippen molar-refractivity contribution in [3.63, 3.8) is 0 Å². The van der Waals surface area contributed by atoms with Gasteiger partial charge in [0.25, 0.3) is 15.9 Å². The standard InChI is InChI=1S/C19H23N3O3S/c20-15-8-12-16(13-9-15)21-19(23)14-6-10-17(11-7-14)22-26(24,25)18-4-2-1-3-5-18/h1-7,10-11,15-16,22H,8-9,12-13,20H2,(H,21,23). The quantitative estimate of drug-likeness (QED) is 0.749. The fraction of sp³-hybridized carbons (Fsp3) is 0.316. The number of hydrogen-bond donors (Lipinski definition) is 3. The largest absolute Gasteiger partial charge is 0.349 e. The molecule has 1 aliphatic carbocycles. The zero-order chi connectivity index (χ0) is 18.6. The van der Waals surface area contributed by atoms with Gasteiger partial charge in [-0.05, 0) is 62.1 Å². The van der Waals surface area contributed by atoms with E-state index in [2.05, 4.69) is 10.0 Å². The molecule has 0 aliphatic heterocycles. The fourth-order valence-electron chi connectivity index (χ4n) is 3.04. The first-order valence-corrected chi connectivity index (χ1v) is 10.2. The number of benzene rings is 2. The summed E-state index contributed by atoms with van der Waals surface area (Å²) in [6.07, 6.45) is 3.63. The maximum Gasteiger partial charge on any atom is 0.261 e. The Balaban J connectivity index is 1.62. The van der Waals surface area contributed by atoms with Crippen molar-refractivity contribution in [2.75, 3.05) is 4.72 Å². The molecule has 2 aromatic carbocycles. The molecule has 138 valence electrons. The van der Waals surface area contributed by atoms with E-state index in [0.717, 1.165) is 25.7 Å². The van der Waals surface area contributed by atoms with Crippen LogP contribution in [0.25, 0.3) is 0 Å². The van der Waals surface area contributed by atoms with Gasteiger partial charge in [0, 0.05) is 23.3 Å². The highest BCUT2D eigenvalue weighted by Crippen LogP contribution is 2.19. The van der Waals surface area contributed by atoms with E-state index in [0.29, 0.717) is 11.3 Å². The van der Waals surface area contributed by atoms with Gasteiger partial charge in [0.1, 0.15) is 0 Å². The summed E-state index contributed by atoms with van der Waals surface area (Å²) in [7, 11) is -3.64. The lowest BCUT2D eigenvalue weighted by atomic mass is 9.91. The van der Waals surface area contributed by atoms with Gasteiger partial charge in [-0.2, -0.15) is 0 Å². The number of anilines is 1. The summed E-state index contributed by atoms with van der Waals surface area (Å²) in [6.45, 7) is 0. The van der Waals surface area contributed by atoms with Crippen molar-refractivity contribution >= 4 is 21.6 Å². The number of carbonyl (C=O) groups is 1. The van der Waals surface area contributed by atoms with Crippen LogP contribution < -0.4 is 15.8 Å². The Morgan fingerprint density at radius 3 is 2.15 bits per heavy atom. The van der Waals surface area contributed by atoms with Crippen LogP contribution in [0.5, 0.6) is 0 Å². The van der Waals surface area contributed by atoms with Gasteiger partial charge in [0.05, 0.1) is 4.90 Å². The third-order valence-electron chi connectivity index (χ3n) is 4.56. The van der Waals surface area contributed by atoms with Crippen molar-refractivity contribution in [1.82, 2.24) is 5.32 Å². The van der Waals surface area contributed by atoms with Crippen LogP contribution in [0.2, 0.25) is 0 Å². The molecule has 3 rings (SSSR count). The van der Waals surface area contributed by atoms with Crippen LogP contribution in [-0.4, -0.2) is 26.4 Å². The highest BCUT2D eigenvalue weighted by Gasteiger charge is 2.20. The number of sulfonamides is 1. The minimum Gasteiger partial charge on any atom is -0.349 e. The summed E-state index contributed by atoms with van der Waals surface area (Å²) in [4.78, 5) is 12.5. The topological polar surface area (TPSA) is 101 Å². The fourth-order valence-corrected chi connectivity index (χ4v) is 4.12. The minimum atomic E-state index is -3.64. The normalized spacial score (nSPS) is 20.3. The third-order valence-corrected chi connectivity index (χ3v) is 5.96. The molecule has 1 saturated carbocycles. The van der Waals surface area contributed by atoms with Crippen molar-refractivity contribution in [2.24, 2.45) is 5.73 Å². The Labute approximate surface area is 153 Å². The molecule has 1 aliphatic rings. The van der Waals surface area contributed by atoms with Crippen molar-refractivity contribution in [1.29, 1.82) is 0 Å². The van der Waals surface area contributed by atoms with Crippen molar-refractivity contribution in [3.05, 3.63) is 60.2 Å². The molecule has 0 unspecified atom stereocenters. The van der Waals surface area contributed by atoms with Crippen LogP contribution in [0, 0.1) is 0 Å². The van der Waals surface area contributed by atoms with Crippen molar-refractivity contribution < 1.29 is 13.2 Å². The third kappa shape index (κ3) is 4.62. The van der Waals surface area contributed by atoms with E-state index in [1.54, 1.807) is 42.5 Å². The Bertz CT molecular complexity index is 843. The van der Waals surface area contributed by atoms with Crippen LogP contribution in [-0.2, 0) is 10.0 Å². The SMILES string of the molecule is NC1CCC(NC(=O)c2ccc(NS(=O)(=O)c3ccccc3)cc2)CC1.